The lowest BCUT2D eigenvalue weighted by molar-refractivity contribution is -0.176. The van der Waals surface area contributed by atoms with Gasteiger partial charge in [0.25, 0.3) is 0 Å². The van der Waals surface area contributed by atoms with E-state index in [1.54, 1.807) is 0 Å². The van der Waals surface area contributed by atoms with Crippen molar-refractivity contribution in [2.45, 2.75) is 65.6 Å². The average Bonchev–Trinajstić information content (AvgIpc) is 2.33. The van der Waals surface area contributed by atoms with Crippen molar-refractivity contribution in [3.8, 4) is 0 Å². The summed E-state index contributed by atoms with van der Waals surface area (Å²) in [6.07, 6.45) is 0.201. The van der Waals surface area contributed by atoms with E-state index >= 15 is 0 Å². The molecule has 0 aromatic rings. The Labute approximate surface area is 119 Å². The normalized spacial score (nSPS) is 13.7. The maximum Gasteiger partial charge on any atom is 0.354 e. The van der Waals surface area contributed by atoms with E-state index in [-0.39, 0.29) is 6.42 Å². The summed E-state index contributed by atoms with van der Waals surface area (Å²) < 4.78 is 9.18. The van der Waals surface area contributed by atoms with Crippen molar-refractivity contribution < 1.29 is 29.0 Å². The molecule has 1 N–H and O–H groups in total. The van der Waals surface area contributed by atoms with Crippen molar-refractivity contribution in [3.63, 3.8) is 0 Å². The molecule has 0 aliphatic heterocycles. The lowest BCUT2D eigenvalue weighted by Crippen LogP contribution is -2.31. The highest BCUT2D eigenvalue weighted by atomic mass is 16.6. The van der Waals surface area contributed by atoms with Crippen molar-refractivity contribution in [1.82, 2.24) is 0 Å². The molecule has 2 unspecified atom stereocenters. The summed E-state index contributed by atoms with van der Waals surface area (Å²) in [5.74, 6) is -1.90. The Morgan fingerprint density at radius 1 is 1.00 bits per heavy atom. The topological polar surface area (TPSA) is 89.9 Å². The predicted molar refractivity (Wildman–Crippen MR) is 71.6 cm³/mol. The summed E-state index contributed by atoms with van der Waals surface area (Å²) in [6, 6.07) is 0. The van der Waals surface area contributed by atoms with Gasteiger partial charge in [0.15, 0.2) is 6.10 Å². The van der Waals surface area contributed by atoms with Gasteiger partial charge < -0.3 is 14.6 Å². The molecule has 0 saturated heterocycles. The third-order valence-electron chi connectivity index (χ3n) is 2.59. The molecule has 0 aliphatic rings. The van der Waals surface area contributed by atoms with E-state index in [1.807, 2.05) is 0 Å². The molecule has 0 saturated carbocycles. The van der Waals surface area contributed by atoms with Gasteiger partial charge in [-0.15, -0.1) is 0 Å². The molecule has 0 amide bonds. The Balaban J connectivity index is 3.94. The minimum Gasteiger partial charge on any atom is -0.449 e. The Morgan fingerprint density at radius 3 is 2.10 bits per heavy atom. The summed E-state index contributed by atoms with van der Waals surface area (Å²) >= 11 is 0. The molecule has 2 atom stereocenters. The monoisotopic (exact) mass is 288 g/mol. The van der Waals surface area contributed by atoms with Crippen LogP contribution in [0.1, 0.15) is 53.4 Å². The molecule has 0 fully saturated rings. The molecule has 116 valence electrons. The second kappa shape index (κ2) is 9.47. The van der Waals surface area contributed by atoms with Crippen LogP contribution in [0.3, 0.4) is 0 Å². The van der Waals surface area contributed by atoms with Crippen molar-refractivity contribution >= 4 is 17.9 Å². The number of aliphatic hydroxyl groups is 1. The quantitative estimate of drug-likeness (QED) is 0.414. The van der Waals surface area contributed by atoms with Crippen LogP contribution < -0.4 is 0 Å². The van der Waals surface area contributed by atoms with Crippen LogP contribution in [0.5, 0.6) is 0 Å². The van der Waals surface area contributed by atoms with Gasteiger partial charge in [0.1, 0.15) is 6.10 Å². The van der Waals surface area contributed by atoms with Crippen LogP contribution in [0.15, 0.2) is 0 Å². The first-order valence-corrected chi connectivity index (χ1v) is 6.87. The molecular weight excluding hydrogens is 264 g/mol. The number of carbonyl (C=O) groups is 3. The zero-order valence-corrected chi connectivity index (χ0v) is 12.5. The van der Waals surface area contributed by atoms with Gasteiger partial charge in [-0.05, 0) is 26.2 Å². The maximum atomic E-state index is 11.5. The standard InChI is InChI=1S/C14H24O6/c1-9(2)7-5-6-8-12(16)20-14(18)11(4)19-13(17)10(3)15/h9-11,15H,5-8H2,1-4H3. The lowest BCUT2D eigenvalue weighted by Gasteiger charge is -2.12. The van der Waals surface area contributed by atoms with Gasteiger partial charge in [0, 0.05) is 6.42 Å². The highest BCUT2D eigenvalue weighted by Gasteiger charge is 2.23. The molecule has 0 aromatic heterocycles. The molecule has 0 aromatic carbocycles. The average molecular weight is 288 g/mol. The second-order valence-electron chi connectivity index (χ2n) is 5.19. The van der Waals surface area contributed by atoms with Crippen molar-refractivity contribution in [3.05, 3.63) is 0 Å². The summed E-state index contributed by atoms with van der Waals surface area (Å²) in [6.45, 7) is 6.70. The van der Waals surface area contributed by atoms with Crippen LogP contribution in [0.25, 0.3) is 0 Å². The third kappa shape index (κ3) is 8.63. The fourth-order valence-corrected chi connectivity index (χ4v) is 1.39. The molecule has 0 aliphatic carbocycles. The van der Waals surface area contributed by atoms with Gasteiger partial charge in [-0.25, -0.2) is 9.59 Å². The molecule has 6 heteroatoms. The van der Waals surface area contributed by atoms with Crippen molar-refractivity contribution in [1.29, 1.82) is 0 Å². The van der Waals surface area contributed by atoms with Crippen molar-refractivity contribution in [2.24, 2.45) is 5.92 Å². The summed E-state index contributed by atoms with van der Waals surface area (Å²) in [7, 11) is 0. The molecule has 0 bridgehead atoms. The number of esters is 3. The molecule has 20 heavy (non-hydrogen) atoms. The van der Waals surface area contributed by atoms with E-state index in [9.17, 15) is 14.4 Å². The number of unbranched alkanes of at least 4 members (excludes halogenated alkanes) is 1. The summed E-state index contributed by atoms with van der Waals surface area (Å²) in [5, 5.41) is 8.93. The zero-order valence-electron chi connectivity index (χ0n) is 12.5. The molecule has 0 spiro atoms. The van der Waals surface area contributed by atoms with Crippen LogP contribution in [-0.4, -0.2) is 35.2 Å². The molecule has 0 heterocycles. The highest BCUT2D eigenvalue weighted by Crippen LogP contribution is 2.09. The Hall–Kier alpha value is -1.43. The second-order valence-corrected chi connectivity index (χ2v) is 5.19. The van der Waals surface area contributed by atoms with Gasteiger partial charge in [0.2, 0.25) is 0 Å². The van der Waals surface area contributed by atoms with Gasteiger partial charge in [-0.3, -0.25) is 4.79 Å². The molecular formula is C14H24O6. The van der Waals surface area contributed by atoms with Crippen LogP contribution in [0.2, 0.25) is 0 Å². The minimum atomic E-state index is -1.32. The Morgan fingerprint density at radius 2 is 1.60 bits per heavy atom. The number of hydrogen-bond donors (Lipinski definition) is 1. The smallest absolute Gasteiger partial charge is 0.354 e. The van der Waals surface area contributed by atoms with Gasteiger partial charge >= 0.3 is 17.9 Å². The number of aliphatic hydroxyl groups excluding tert-OH is 1. The molecule has 0 radical (unpaired) electrons. The SMILES string of the molecule is CC(C)CCCCC(=O)OC(=O)C(C)OC(=O)C(C)O. The first kappa shape index (κ1) is 18.6. The van der Waals surface area contributed by atoms with E-state index in [1.165, 1.54) is 13.8 Å². The molecule has 6 nitrogen and oxygen atoms in total. The largest absolute Gasteiger partial charge is 0.449 e. The Bertz CT molecular complexity index is 335. The van der Waals surface area contributed by atoms with Gasteiger partial charge in [0.05, 0.1) is 0 Å². The van der Waals surface area contributed by atoms with E-state index in [4.69, 9.17) is 5.11 Å². The number of hydrogen-bond acceptors (Lipinski definition) is 6. The van der Waals surface area contributed by atoms with E-state index < -0.39 is 30.1 Å². The summed E-state index contributed by atoms with van der Waals surface area (Å²) in [5.41, 5.74) is 0. The first-order chi connectivity index (χ1) is 9.23. The fraction of sp³-hybridized carbons (Fsp3) is 0.786. The number of rotatable bonds is 8. The minimum absolute atomic E-state index is 0.162. The molecule has 0 rings (SSSR count). The highest BCUT2D eigenvalue weighted by molar-refractivity contribution is 5.89. The van der Waals surface area contributed by atoms with Crippen LogP contribution >= 0.6 is 0 Å². The Kier molecular flexibility index (Phi) is 8.79. The van der Waals surface area contributed by atoms with E-state index in [2.05, 4.69) is 23.3 Å². The van der Waals surface area contributed by atoms with E-state index in [0.29, 0.717) is 12.3 Å². The predicted octanol–water partition coefficient (Wildman–Crippen LogP) is 1.59. The maximum absolute atomic E-state index is 11.5. The number of ether oxygens (including phenoxy) is 2. The van der Waals surface area contributed by atoms with Gasteiger partial charge in [-0.2, -0.15) is 0 Å². The third-order valence-corrected chi connectivity index (χ3v) is 2.59. The van der Waals surface area contributed by atoms with Crippen LogP contribution in [-0.2, 0) is 23.9 Å². The van der Waals surface area contributed by atoms with Gasteiger partial charge in [-0.1, -0.05) is 26.7 Å². The lowest BCUT2D eigenvalue weighted by atomic mass is 10.1. The first-order valence-electron chi connectivity index (χ1n) is 6.87. The van der Waals surface area contributed by atoms with Crippen molar-refractivity contribution in [2.75, 3.05) is 0 Å². The van der Waals surface area contributed by atoms with Crippen LogP contribution in [0, 0.1) is 5.92 Å². The zero-order chi connectivity index (χ0) is 15.7. The van der Waals surface area contributed by atoms with E-state index in [0.717, 1.165) is 12.8 Å². The number of carbonyl (C=O) groups excluding carboxylic acids is 3. The van der Waals surface area contributed by atoms with Crippen LogP contribution in [0.4, 0.5) is 0 Å². The fourth-order valence-electron chi connectivity index (χ4n) is 1.39. The summed E-state index contributed by atoms with van der Waals surface area (Å²) in [4.78, 5) is 33.9.